The maximum absolute atomic E-state index is 10.8. The molecule has 0 saturated heterocycles. The summed E-state index contributed by atoms with van der Waals surface area (Å²) in [5.74, 6) is 2.56. The topological polar surface area (TPSA) is 56.5 Å². The first-order valence-electron chi connectivity index (χ1n) is 10.5. The van der Waals surface area contributed by atoms with Gasteiger partial charge in [0.2, 0.25) is 0 Å². The summed E-state index contributed by atoms with van der Waals surface area (Å²) in [7, 11) is 1.66. The Balaban J connectivity index is 1.54. The van der Waals surface area contributed by atoms with Crippen molar-refractivity contribution in [1.82, 2.24) is 9.55 Å². The van der Waals surface area contributed by atoms with Crippen molar-refractivity contribution in [3.8, 4) is 11.5 Å². The lowest BCUT2D eigenvalue weighted by atomic mass is 10.1. The molecule has 0 radical (unpaired) electrons. The van der Waals surface area contributed by atoms with Gasteiger partial charge < -0.3 is 19.1 Å². The van der Waals surface area contributed by atoms with Crippen LogP contribution in [0.1, 0.15) is 22.5 Å². The minimum absolute atomic E-state index is 0.221. The molecule has 1 N–H and O–H groups in total. The van der Waals surface area contributed by atoms with Crippen LogP contribution >= 0.6 is 0 Å². The number of rotatable bonds is 8. The average Bonchev–Trinajstić information content (AvgIpc) is 3.12. The molecule has 5 nitrogen and oxygen atoms in total. The van der Waals surface area contributed by atoms with Crippen LogP contribution in [-0.4, -0.2) is 34.5 Å². The SMILES string of the molecule is COc1ccc(Cc2nc3ccccc3n2C[C@@H](O)COc2cccc(C)c2C)cc1. The summed E-state index contributed by atoms with van der Waals surface area (Å²) >= 11 is 0. The van der Waals surface area contributed by atoms with Crippen LogP contribution in [0.2, 0.25) is 0 Å². The van der Waals surface area contributed by atoms with E-state index >= 15 is 0 Å². The second kappa shape index (κ2) is 9.23. The minimum Gasteiger partial charge on any atom is -0.497 e. The van der Waals surface area contributed by atoms with Crippen LogP contribution < -0.4 is 9.47 Å². The Labute approximate surface area is 182 Å². The second-order valence-corrected chi connectivity index (χ2v) is 7.82. The zero-order valence-electron chi connectivity index (χ0n) is 18.2. The lowest BCUT2D eigenvalue weighted by Crippen LogP contribution is -2.25. The number of methoxy groups -OCH3 is 1. The third kappa shape index (κ3) is 4.72. The molecule has 0 aliphatic rings. The zero-order chi connectivity index (χ0) is 21.8. The van der Waals surface area contributed by atoms with E-state index < -0.39 is 6.10 Å². The van der Waals surface area contributed by atoms with E-state index in [-0.39, 0.29) is 6.61 Å². The molecule has 0 saturated carbocycles. The van der Waals surface area contributed by atoms with Crippen molar-refractivity contribution >= 4 is 11.0 Å². The van der Waals surface area contributed by atoms with Gasteiger partial charge in [-0.05, 0) is 60.9 Å². The van der Waals surface area contributed by atoms with Gasteiger partial charge in [0.1, 0.15) is 30.0 Å². The van der Waals surface area contributed by atoms with E-state index in [2.05, 4.69) is 17.6 Å². The number of aliphatic hydroxyl groups is 1. The van der Waals surface area contributed by atoms with Gasteiger partial charge in [0, 0.05) is 6.42 Å². The van der Waals surface area contributed by atoms with Crippen molar-refractivity contribution in [2.24, 2.45) is 0 Å². The highest BCUT2D eigenvalue weighted by Crippen LogP contribution is 2.22. The summed E-state index contributed by atoms with van der Waals surface area (Å²) in [4.78, 5) is 4.83. The van der Waals surface area contributed by atoms with Crippen molar-refractivity contribution < 1.29 is 14.6 Å². The van der Waals surface area contributed by atoms with Gasteiger partial charge in [-0.2, -0.15) is 0 Å². The first-order valence-corrected chi connectivity index (χ1v) is 10.5. The number of nitrogens with zero attached hydrogens (tertiary/aromatic N) is 2. The van der Waals surface area contributed by atoms with E-state index in [4.69, 9.17) is 14.5 Å². The molecule has 4 aromatic rings. The van der Waals surface area contributed by atoms with Crippen LogP contribution in [0, 0.1) is 13.8 Å². The van der Waals surface area contributed by atoms with Gasteiger partial charge >= 0.3 is 0 Å². The molecule has 0 spiro atoms. The third-order valence-corrected chi connectivity index (χ3v) is 5.63. The number of para-hydroxylation sites is 2. The number of aliphatic hydroxyl groups excluding tert-OH is 1. The number of hydrogen-bond acceptors (Lipinski definition) is 4. The lowest BCUT2D eigenvalue weighted by Gasteiger charge is -2.17. The van der Waals surface area contributed by atoms with Gasteiger partial charge in [0.25, 0.3) is 0 Å². The van der Waals surface area contributed by atoms with E-state index in [9.17, 15) is 5.11 Å². The highest BCUT2D eigenvalue weighted by Gasteiger charge is 2.16. The molecule has 0 bridgehead atoms. The molecular formula is C26H28N2O3. The highest BCUT2D eigenvalue weighted by molar-refractivity contribution is 5.76. The predicted molar refractivity (Wildman–Crippen MR) is 123 cm³/mol. The number of benzene rings is 3. The maximum atomic E-state index is 10.8. The molecule has 0 fully saturated rings. The van der Waals surface area contributed by atoms with Gasteiger partial charge in [-0.25, -0.2) is 4.98 Å². The third-order valence-electron chi connectivity index (χ3n) is 5.63. The molecule has 1 aromatic heterocycles. The van der Waals surface area contributed by atoms with Crippen LogP contribution in [0.25, 0.3) is 11.0 Å². The van der Waals surface area contributed by atoms with Crippen LogP contribution in [0.3, 0.4) is 0 Å². The zero-order valence-corrected chi connectivity index (χ0v) is 18.2. The number of hydrogen-bond donors (Lipinski definition) is 1. The fraction of sp³-hybridized carbons (Fsp3) is 0.269. The Morgan fingerprint density at radius 1 is 0.968 bits per heavy atom. The first kappa shape index (κ1) is 20.9. The Morgan fingerprint density at radius 3 is 2.52 bits per heavy atom. The molecular weight excluding hydrogens is 388 g/mol. The van der Waals surface area contributed by atoms with Crippen molar-refractivity contribution in [3.05, 3.63) is 89.2 Å². The standard InChI is InChI=1S/C26H28N2O3/c1-18-7-6-10-25(19(18)2)31-17-21(29)16-28-24-9-5-4-8-23(24)27-26(28)15-20-11-13-22(30-3)14-12-20/h4-14,21,29H,15-17H2,1-3H3/t21-/m1/s1. The van der Waals surface area contributed by atoms with Crippen molar-refractivity contribution in [2.75, 3.05) is 13.7 Å². The van der Waals surface area contributed by atoms with Crippen LogP contribution in [0.4, 0.5) is 0 Å². The van der Waals surface area contributed by atoms with Crippen molar-refractivity contribution in [2.45, 2.75) is 32.9 Å². The summed E-state index contributed by atoms with van der Waals surface area (Å²) < 4.78 is 13.3. The molecule has 1 heterocycles. The maximum Gasteiger partial charge on any atom is 0.122 e. The number of aromatic nitrogens is 2. The molecule has 4 rings (SSSR count). The number of ether oxygens (including phenoxy) is 2. The lowest BCUT2D eigenvalue weighted by molar-refractivity contribution is 0.0924. The average molecular weight is 417 g/mol. The summed E-state index contributed by atoms with van der Waals surface area (Å²) in [6.07, 6.45) is 0.00982. The highest BCUT2D eigenvalue weighted by atomic mass is 16.5. The molecule has 1 atom stereocenters. The summed E-state index contributed by atoms with van der Waals surface area (Å²) in [6, 6.07) is 22.0. The van der Waals surface area contributed by atoms with Gasteiger partial charge in [-0.15, -0.1) is 0 Å². The molecule has 3 aromatic carbocycles. The smallest absolute Gasteiger partial charge is 0.122 e. The number of aryl methyl sites for hydroxylation is 1. The molecule has 0 unspecified atom stereocenters. The van der Waals surface area contributed by atoms with Crippen molar-refractivity contribution in [3.63, 3.8) is 0 Å². The monoisotopic (exact) mass is 416 g/mol. The van der Waals surface area contributed by atoms with E-state index in [0.29, 0.717) is 13.0 Å². The normalized spacial score (nSPS) is 12.1. The second-order valence-electron chi connectivity index (χ2n) is 7.82. The van der Waals surface area contributed by atoms with E-state index in [1.165, 1.54) is 5.56 Å². The summed E-state index contributed by atoms with van der Waals surface area (Å²) in [5.41, 5.74) is 5.35. The molecule has 5 heteroatoms. The van der Waals surface area contributed by atoms with E-state index in [1.54, 1.807) is 7.11 Å². The van der Waals surface area contributed by atoms with Gasteiger partial charge in [0.15, 0.2) is 0 Å². The number of imidazole rings is 1. The fourth-order valence-corrected chi connectivity index (χ4v) is 3.72. The van der Waals surface area contributed by atoms with E-state index in [0.717, 1.165) is 39.5 Å². The van der Waals surface area contributed by atoms with Gasteiger partial charge in [0.05, 0.1) is 24.7 Å². The Morgan fingerprint density at radius 2 is 1.74 bits per heavy atom. The van der Waals surface area contributed by atoms with Gasteiger partial charge in [-0.3, -0.25) is 0 Å². The summed E-state index contributed by atoms with van der Waals surface area (Å²) in [5, 5.41) is 10.8. The first-order chi connectivity index (χ1) is 15.0. The van der Waals surface area contributed by atoms with Crippen LogP contribution in [-0.2, 0) is 13.0 Å². The molecule has 0 amide bonds. The predicted octanol–water partition coefficient (Wildman–Crippen LogP) is 4.69. The molecule has 160 valence electrons. The number of fused-ring (bicyclic) bond motifs is 1. The van der Waals surface area contributed by atoms with Crippen LogP contribution in [0.5, 0.6) is 11.5 Å². The van der Waals surface area contributed by atoms with Gasteiger partial charge in [-0.1, -0.05) is 36.4 Å². The largest absolute Gasteiger partial charge is 0.497 e. The Bertz CT molecular complexity index is 1170. The quantitative estimate of drug-likeness (QED) is 0.453. The Hall–Kier alpha value is -3.31. The molecule has 0 aliphatic heterocycles. The molecule has 0 aliphatic carbocycles. The Kier molecular flexibility index (Phi) is 6.23. The van der Waals surface area contributed by atoms with Crippen LogP contribution in [0.15, 0.2) is 66.7 Å². The van der Waals surface area contributed by atoms with E-state index in [1.807, 2.05) is 67.6 Å². The fourth-order valence-electron chi connectivity index (χ4n) is 3.72. The summed E-state index contributed by atoms with van der Waals surface area (Å²) in [6.45, 7) is 4.73. The minimum atomic E-state index is -0.660. The van der Waals surface area contributed by atoms with Crippen molar-refractivity contribution in [1.29, 1.82) is 0 Å². The molecule has 31 heavy (non-hydrogen) atoms.